The minimum absolute atomic E-state index is 0.0332. The first kappa shape index (κ1) is 14.9. The summed E-state index contributed by atoms with van der Waals surface area (Å²) in [4.78, 5) is 14.3. The third kappa shape index (κ3) is 2.55. The van der Waals surface area contributed by atoms with Crippen molar-refractivity contribution in [3.63, 3.8) is 0 Å². The molecule has 22 heavy (non-hydrogen) atoms. The van der Waals surface area contributed by atoms with Crippen LogP contribution in [0.3, 0.4) is 0 Å². The van der Waals surface area contributed by atoms with Crippen molar-refractivity contribution < 1.29 is 4.79 Å². The van der Waals surface area contributed by atoms with E-state index in [-0.39, 0.29) is 5.91 Å². The number of carbonyl (C=O) groups excluding carboxylic acids is 1. The predicted octanol–water partition coefficient (Wildman–Crippen LogP) is 4.98. The van der Waals surface area contributed by atoms with Crippen LogP contribution in [0.1, 0.15) is 36.5 Å². The van der Waals surface area contributed by atoms with Crippen LogP contribution in [0.15, 0.2) is 42.5 Å². The Morgan fingerprint density at radius 1 is 1.09 bits per heavy atom. The van der Waals surface area contributed by atoms with E-state index in [2.05, 4.69) is 26.0 Å². The zero-order chi connectivity index (χ0) is 15.9. The van der Waals surface area contributed by atoms with Gasteiger partial charge in [-0.3, -0.25) is 4.79 Å². The fourth-order valence-corrected chi connectivity index (χ4v) is 2.82. The fourth-order valence-electron chi connectivity index (χ4n) is 2.69. The van der Waals surface area contributed by atoms with E-state index >= 15 is 0 Å². The van der Waals surface area contributed by atoms with E-state index in [9.17, 15) is 4.79 Å². The number of hydrogen-bond donors (Lipinski definition) is 0. The number of benzene rings is 2. The third-order valence-electron chi connectivity index (χ3n) is 4.05. The lowest BCUT2D eigenvalue weighted by Crippen LogP contribution is -2.20. The first-order chi connectivity index (χ1) is 10.5. The molecule has 2 aromatic rings. The molecule has 0 bridgehead atoms. The normalized spacial score (nSPS) is 15.8. The van der Waals surface area contributed by atoms with Gasteiger partial charge in [0.2, 0.25) is 0 Å². The Balaban J connectivity index is 2.11. The molecule has 1 heterocycles. The summed E-state index contributed by atoms with van der Waals surface area (Å²) >= 11 is 5.92. The van der Waals surface area contributed by atoms with Crippen molar-refractivity contribution >= 4 is 34.8 Å². The van der Waals surface area contributed by atoms with E-state index < -0.39 is 0 Å². The van der Waals surface area contributed by atoms with Crippen LogP contribution < -0.4 is 4.90 Å². The van der Waals surface area contributed by atoms with Gasteiger partial charge in [0.05, 0.1) is 5.69 Å². The molecular formula is C19H18ClNO. The largest absolute Gasteiger partial charge is 0.311 e. The van der Waals surface area contributed by atoms with Gasteiger partial charge in [-0.2, -0.15) is 0 Å². The van der Waals surface area contributed by atoms with E-state index in [4.69, 9.17) is 11.6 Å². The first-order valence-corrected chi connectivity index (χ1v) is 7.75. The smallest absolute Gasteiger partial charge is 0.258 e. The highest BCUT2D eigenvalue weighted by molar-refractivity contribution is 6.35. The molecule has 3 heteroatoms. The van der Waals surface area contributed by atoms with Gasteiger partial charge in [0.15, 0.2) is 0 Å². The molecule has 112 valence electrons. The molecule has 0 N–H and O–H groups in total. The highest BCUT2D eigenvalue weighted by atomic mass is 35.5. The van der Waals surface area contributed by atoms with Gasteiger partial charge in [-0.1, -0.05) is 43.6 Å². The number of fused-ring (bicyclic) bond motifs is 1. The molecule has 3 rings (SSSR count). The van der Waals surface area contributed by atoms with Crippen molar-refractivity contribution in [1.82, 2.24) is 0 Å². The molecule has 0 aliphatic carbocycles. The summed E-state index contributed by atoms with van der Waals surface area (Å²) in [6, 6.07) is 13.8. The molecule has 0 spiro atoms. The van der Waals surface area contributed by atoms with Gasteiger partial charge in [-0.05, 0) is 47.4 Å². The second-order valence-corrected chi connectivity index (χ2v) is 6.34. The highest BCUT2D eigenvalue weighted by Gasteiger charge is 2.29. The van der Waals surface area contributed by atoms with Crippen LogP contribution >= 0.6 is 11.6 Å². The summed E-state index contributed by atoms with van der Waals surface area (Å²) in [5.74, 6) is 0.467. The van der Waals surface area contributed by atoms with E-state index in [1.54, 1.807) is 4.90 Å². The zero-order valence-corrected chi connectivity index (χ0v) is 13.7. The van der Waals surface area contributed by atoms with Crippen LogP contribution in [0.5, 0.6) is 0 Å². The fraction of sp³-hybridized carbons (Fsp3) is 0.211. The molecule has 0 atom stereocenters. The SMILES string of the molecule is CC(C)c1ccc2c(c1)/C(=C/c1ccc(Cl)cc1)C(=O)N2C. The van der Waals surface area contributed by atoms with Gasteiger partial charge in [0.25, 0.3) is 5.91 Å². The number of anilines is 1. The van der Waals surface area contributed by atoms with Crippen LogP contribution in [0.4, 0.5) is 5.69 Å². The Morgan fingerprint density at radius 2 is 1.77 bits per heavy atom. The quantitative estimate of drug-likeness (QED) is 0.716. The second-order valence-electron chi connectivity index (χ2n) is 5.91. The van der Waals surface area contributed by atoms with Crippen LogP contribution in [-0.2, 0) is 4.79 Å². The van der Waals surface area contributed by atoms with E-state index in [0.717, 1.165) is 22.4 Å². The maximum atomic E-state index is 12.5. The average Bonchev–Trinajstić information content (AvgIpc) is 2.74. The summed E-state index contributed by atoms with van der Waals surface area (Å²) < 4.78 is 0. The number of halogens is 1. The van der Waals surface area contributed by atoms with Gasteiger partial charge in [-0.15, -0.1) is 0 Å². The Kier molecular flexibility index (Phi) is 3.79. The number of likely N-dealkylation sites (N-methyl/N-ethyl adjacent to an activating group) is 1. The second kappa shape index (κ2) is 5.62. The van der Waals surface area contributed by atoms with Gasteiger partial charge in [-0.25, -0.2) is 0 Å². The van der Waals surface area contributed by atoms with Gasteiger partial charge in [0, 0.05) is 23.2 Å². The lowest BCUT2D eigenvalue weighted by molar-refractivity contribution is -0.112. The lowest BCUT2D eigenvalue weighted by Gasteiger charge is -2.11. The molecule has 0 fully saturated rings. The molecule has 2 nitrogen and oxygen atoms in total. The topological polar surface area (TPSA) is 20.3 Å². The maximum Gasteiger partial charge on any atom is 0.258 e. The third-order valence-corrected chi connectivity index (χ3v) is 4.31. The van der Waals surface area contributed by atoms with Crippen LogP contribution in [-0.4, -0.2) is 13.0 Å². The average molecular weight is 312 g/mol. The minimum Gasteiger partial charge on any atom is -0.311 e. The monoisotopic (exact) mass is 311 g/mol. The molecule has 1 amide bonds. The Hall–Kier alpha value is -2.06. The van der Waals surface area contributed by atoms with Gasteiger partial charge >= 0.3 is 0 Å². The Morgan fingerprint density at radius 3 is 2.41 bits per heavy atom. The van der Waals surface area contributed by atoms with Gasteiger partial charge < -0.3 is 4.90 Å². The number of hydrogen-bond acceptors (Lipinski definition) is 1. The number of amides is 1. The summed E-state index contributed by atoms with van der Waals surface area (Å²) in [5, 5.41) is 0.694. The summed E-state index contributed by atoms with van der Waals surface area (Å²) in [6.45, 7) is 4.32. The number of nitrogens with zero attached hydrogens (tertiary/aromatic N) is 1. The molecular weight excluding hydrogens is 294 g/mol. The van der Waals surface area contributed by atoms with Crippen molar-refractivity contribution in [2.75, 3.05) is 11.9 Å². The molecule has 0 radical (unpaired) electrons. The number of carbonyl (C=O) groups is 1. The van der Waals surface area contributed by atoms with Crippen molar-refractivity contribution in [2.24, 2.45) is 0 Å². The molecule has 0 unspecified atom stereocenters. The summed E-state index contributed by atoms with van der Waals surface area (Å²) in [7, 11) is 1.82. The van der Waals surface area contributed by atoms with Crippen LogP contribution in [0, 0.1) is 0 Å². The molecule has 0 aromatic heterocycles. The molecule has 0 saturated heterocycles. The van der Waals surface area contributed by atoms with E-state index in [1.807, 2.05) is 43.5 Å². The van der Waals surface area contributed by atoms with Gasteiger partial charge in [0.1, 0.15) is 0 Å². The van der Waals surface area contributed by atoms with E-state index in [1.165, 1.54) is 5.56 Å². The molecule has 1 aliphatic rings. The maximum absolute atomic E-state index is 12.5. The predicted molar refractivity (Wildman–Crippen MR) is 93.3 cm³/mol. The lowest BCUT2D eigenvalue weighted by atomic mass is 9.97. The van der Waals surface area contributed by atoms with Crippen molar-refractivity contribution in [1.29, 1.82) is 0 Å². The molecule has 1 aliphatic heterocycles. The van der Waals surface area contributed by atoms with Crippen molar-refractivity contribution in [3.05, 3.63) is 64.2 Å². The summed E-state index contributed by atoms with van der Waals surface area (Å²) in [6.07, 6.45) is 1.94. The standard InChI is InChI=1S/C19H18ClNO/c1-12(2)14-6-9-18-16(11-14)17(19(22)21(18)3)10-13-4-7-15(20)8-5-13/h4-12H,1-3H3/b17-10-. The number of rotatable bonds is 2. The van der Waals surface area contributed by atoms with E-state index in [0.29, 0.717) is 10.9 Å². The molecule has 0 saturated carbocycles. The van der Waals surface area contributed by atoms with Crippen molar-refractivity contribution in [2.45, 2.75) is 19.8 Å². The molecule has 2 aromatic carbocycles. The minimum atomic E-state index is 0.0332. The van der Waals surface area contributed by atoms with Crippen molar-refractivity contribution in [3.8, 4) is 0 Å². The zero-order valence-electron chi connectivity index (χ0n) is 12.9. The first-order valence-electron chi connectivity index (χ1n) is 7.37. The van der Waals surface area contributed by atoms with Crippen LogP contribution in [0.25, 0.3) is 11.6 Å². The Labute approximate surface area is 136 Å². The summed E-state index contributed by atoms with van der Waals surface area (Å²) in [5.41, 5.74) is 4.93. The van der Waals surface area contributed by atoms with Crippen LogP contribution in [0.2, 0.25) is 5.02 Å². The Bertz CT molecular complexity index is 760. The highest BCUT2D eigenvalue weighted by Crippen LogP contribution is 2.38.